The van der Waals surface area contributed by atoms with Crippen molar-refractivity contribution in [2.45, 2.75) is 25.3 Å². The molecule has 1 unspecified atom stereocenters. The van der Waals surface area contributed by atoms with Crippen LogP contribution in [0.4, 0.5) is 5.95 Å². The average molecular weight is 460 g/mol. The fourth-order valence-corrected chi connectivity index (χ4v) is 4.64. The lowest BCUT2D eigenvalue weighted by Gasteiger charge is -2.32. The predicted molar refractivity (Wildman–Crippen MR) is 121 cm³/mol. The number of aromatic nitrogens is 3. The van der Waals surface area contributed by atoms with Crippen molar-refractivity contribution in [1.82, 2.24) is 19.9 Å². The third-order valence-electron chi connectivity index (χ3n) is 6.01. The van der Waals surface area contributed by atoms with Crippen molar-refractivity contribution in [3.05, 3.63) is 46.7 Å². The second kappa shape index (κ2) is 8.65. The van der Waals surface area contributed by atoms with Crippen LogP contribution in [0.1, 0.15) is 19.3 Å². The molecular formula is C22H23Cl2N5O2. The molecular weight excluding hydrogens is 437 g/mol. The van der Waals surface area contributed by atoms with Crippen LogP contribution in [0.5, 0.6) is 0 Å². The largest absolute Gasteiger partial charge is 0.379 e. The highest BCUT2D eigenvalue weighted by Crippen LogP contribution is 2.34. The van der Waals surface area contributed by atoms with Gasteiger partial charge in [-0.15, -0.1) is 0 Å². The zero-order valence-corrected chi connectivity index (χ0v) is 18.4. The Hall–Kier alpha value is -2.35. The first-order valence-corrected chi connectivity index (χ1v) is 11.3. The highest BCUT2D eigenvalue weighted by atomic mass is 35.5. The predicted octanol–water partition coefficient (Wildman–Crippen LogP) is 3.85. The fraction of sp³-hybridized carbons (Fsp3) is 0.409. The highest BCUT2D eigenvalue weighted by Gasteiger charge is 2.30. The van der Waals surface area contributed by atoms with Gasteiger partial charge in [0.2, 0.25) is 11.9 Å². The van der Waals surface area contributed by atoms with Gasteiger partial charge in [0.1, 0.15) is 0 Å². The Labute approximate surface area is 190 Å². The molecule has 4 heterocycles. The molecule has 162 valence electrons. The van der Waals surface area contributed by atoms with Crippen LogP contribution in [0.25, 0.3) is 16.7 Å². The van der Waals surface area contributed by atoms with Crippen LogP contribution in [0, 0.1) is 5.92 Å². The first-order chi connectivity index (χ1) is 15.1. The van der Waals surface area contributed by atoms with E-state index in [1.807, 2.05) is 18.2 Å². The van der Waals surface area contributed by atoms with Gasteiger partial charge in [0.25, 0.3) is 0 Å². The molecule has 2 aliphatic rings. The minimum absolute atomic E-state index is 0.0111. The van der Waals surface area contributed by atoms with E-state index < -0.39 is 0 Å². The number of imidazole rings is 1. The van der Waals surface area contributed by atoms with Gasteiger partial charge < -0.3 is 15.0 Å². The molecule has 9 heteroatoms. The molecule has 1 N–H and O–H groups in total. The summed E-state index contributed by atoms with van der Waals surface area (Å²) in [4.78, 5) is 24.0. The van der Waals surface area contributed by atoms with E-state index in [1.54, 1.807) is 18.5 Å². The van der Waals surface area contributed by atoms with E-state index in [2.05, 4.69) is 19.8 Å². The molecule has 0 bridgehead atoms. The Balaban J connectivity index is 1.41. The lowest BCUT2D eigenvalue weighted by molar-refractivity contribution is -0.126. The number of amides is 1. The summed E-state index contributed by atoms with van der Waals surface area (Å²) in [5.74, 6) is 0.954. The zero-order valence-electron chi connectivity index (χ0n) is 16.9. The molecule has 2 saturated heterocycles. The maximum Gasteiger partial charge on any atom is 0.223 e. The van der Waals surface area contributed by atoms with E-state index in [1.165, 1.54) is 0 Å². The van der Waals surface area contributed by atoms with E-state index in [0.29, 0.717) is 16.7 Å². The van der Waals surface area contributed by atoms with E-state index in [4.69, 9.17) is 32.9 Å². The van der Waals surface area contributed by atoms with Crippen molar-refractivity contribution in [3.63, 3.8) is 0 Å². The number of halogens is 2. The molecule has 1 amide bonds. The summed E-state index contributed by atoms with van der Waals surface area (Å²) in [6.07, 6.45) is 5.99. The van der Waals surface area contributed by atoms with Crippen molar-refractivity contribution in [2.75, 3.05) is 31.2 Å². The maximum atomic E-state index is 12.7. The molecule has 5 rings (SSSR count). The quantitative estimate of drug-likeness (QED) is 0.641. The van der Waals surface area contributed by atoms with Gasteiger partial charge in [0.15, 0.2) is 0 Å². The molecule has 2 aromatic heterocycles. The number of nitrogens with one attached hydrogen (secondary N) is 1. The second-order valence-corrected chi connectivity index (χ2v) is 8.86. The van der Waals surface area contributed by atoms with E-state index >= 15 is 0 Å². The van der Waals surface area contributed by atoms with Gasteiger partial charge in [-0.05, 0) is 43.5 Å². The van der Waals surface area contributed by atoms with Crippen LogP contribution in [-0.4, -0.2) is 52.8 Å². The number of anilines is 1. The number of nitrogens with zero attached hydrogens (tertiary/aromatic N) is 4. The van der Waals surface area contributed by atoms with Crippen molar-refractivity contribution in [1.29, 1.82) is 0 Å². The van der Waals surface area contributed by atoms with Crippen LogP contribution < -0.4 is 10.2 Å². The van der Waals surface area contributed by atoms with E-state index in [-0.39, 0.29) is 17.9 Å². The molecule has 1 aromatic carbocycles. The van der Waals surface area contributed by atoms with Crippen molar-refractivity contribution >= 4 is 46.1 Å². The number of rotatable bonds is 4. The molecule has 0 aliphatic carbocycles. The SMILES string of the molecule is O=C(NC1CCOC1)C1CCN(c2nc3cc(Cl)c(Cl)cc3n2-c2cccnc2)CC1. The normalized spacial score (nSPS) is 19.8. The molecule has 0 radical (unpaired) electrons. The van der Waals surface area contributed by atoms with Crippen molar-refractivity contribution in [3.8, 4) is 5.69 Å². The summed E-state index contributed by atoms with van der Waals surface area (Å²) in [5.41, 5.74) is 2.55. The molecule has 0 spiro atoms. The summed E-state index contributed by atoms with van der Waals surface area (Å²) in [5, 5.41) is 4.09. The lowest BCUT2D eigenvalue weighted by Crippen LogP contribution is -2.44. The van der Waals surface area contributed by atoms with Crippen LogP contribution in [-0.2, 0) is 9.53 Å². The molecule has 0 saturated carbocycles. The highest BCUT2D eigenvalue weighted by molar-refractivity contribution is 6.42. The number of pyridine rings is 1. The summed E-state index contributed by atoms with van der Waals surface area (Å²) in [6, 6.07) is 7.66. The van der Waals surface area contributed by atoms with Gasteiger partial charge in [-0.25, -0.2) is 4.98 Å². The number of fused-ring (bicyclic) bond motifs is 1. The minimum atomic E-state index is 0.0111. The van der Waals surface area contributed by atoms with Gasteiger partial charge in [-0.1, -0.05) is 23.2 Å². The minimum Gasteiger partial charge on any atom is -0.379 e. The topological polar surface area (TPSA) is 72.3 Å². The summed E-state index contributed by atoms with van der Waals surface area (Å²) in [7, 11) is 0. The van der Waals surface area contributed by atoms with Crippen LogP contribution in [0.2, 0.25) is 10.0 Å². The zero-order chi connectivity index (χ0) is 21.4. The van der Waals surface area contributed by atoms with E-state index in [9.17, 15) is 4.79 Å². The number of ether oxygens (including phenoxy) is 1. The average Bonchev–Trinajstić information content (AvgIpc) is 3.42. The lowest BCUT2D eigenvalue weighted by atomic mass is 9.95. The third kappa shape index (κ3) is 4.10. The number of carbonyl (C=O) groups excluding carboxylic acids is 1. The van der Waals surface area contributed by atoms with Gasteiger partial charge in [-0.3, -0.25) is 14.3 Å². The standard InChI is InChI=1S/C22H23Cl2N5O2/c23-17-10-19-20(11-18(17)24)29(16-2-1-6-25-12-16)22(27-19)28-7-3-14(4-8-28)21(30)26-15-5-9-31-13-15/h1-2,6,10-12,14-15H,3-5,7-9,13H2,(H,26,30). The second-order valence-electron chi connectivity index (χ2n) is 8.04. The molecule has 1 atom stereocenters. The van der Waals surface area contributed by atoms with Crippen molar-refractivity contribution < 1.29 is 9.53 Å². The Morgan fingerprint density at radius 1 is 1.16 bits per heavy atom. The van der Waals surface area contributed by atoms with Crippen LogP contribution in [0.3, 0.4) is 0 Å². The van der Waals surface area contributed by atoms with Crippen LogP contribution in [0.15, 0.2) is 36.7 Å². The Morgan fingerprint density at radius 3 is 2.68 bits per heavy atom. The summed E-state index contributed by atoms with van der Waals surface area (Å²) >= 11 is 12.6. The van der Waals surface area contributed by atoms with Gasteiger partial charge in [-0.2, -0.15) is 0 Å². The Bertz CT molecular complexity index is 1090. The van der Waals surface area contributed by atoms with Gasteiger partial charge in [0.05, 0.1) is 45.6 Å². The van der Waals surface area contributed by atoms with Gasteiger partial charge >= 0.3 is 0 Å². The summed E-state index contributed by atoms with van der Waals surface area (Å²) in [6.45, 7) is 2.82. The third-order valence-corrected chi connectivity index (χ3v) is 6.73. The molecule has 2 fully saturated rings. The molecule has 7 nitrogen and oxygen atoms in total. The number of hydrogen-bond donors (Lipinski definition) is 1. The first-order valence-electron chi connectivity index (χ1n) is 10.5. The number of benzene rings is 1. The van der Waals surface area contributed by atoms with Gasteiger partial charge in [0, 0.05) is 31.8 Å². The molecule has 2 aliphatic heterocycles. The smallest absolute Gasteiger partial charge is 0.223 e. The Morgan fingerprint density at radius 2 is 1.97 bits per heavy atom. The first kappa shape index (κ1) is 20.5. The maximum absolute atomic E-state index is 12.7. The van der Waals surface area contributed by atoms with E-state index in [0.717, 1.165) is 61.6 Å². The molecule has 3 aromatic rings. The summed E-state index contributed by atoms with van der Waals surface area (Å²) < 4.78 is 7.42. The fourth-order valence-electron chi connectivity index (χ4n) is 4.32. The van der Waals surface area contributed by atoms with Crippen molar-refractivity contribution in [2.24, 2.45) is 5.92 Å². The number of hydrogen-bond acceptors (Lipinski definition) is 5. The number of carbonyl (C=O) groups is 1. The van der Waals surface area contributed by atoms with Crippen LogP contribution >= 0.6 is 23.2 Å². The molecule has 31 heavy (non-hydrogen) atoms. The Kier molecular flexibility index (Phi) is 5.73. The number of piperidine rings is 1. The monoisotopic (exact) mass is 459 g/mol.